The molecule has 124 valence electrons. The van der Waals surface area contributed by atoms with Gasteiger partial charge in [0.05, 0.1) is 5.54 Å². The van der Waals surface area contributed by atoms with Crippen molar-refractivity contribution in [1.29, 1.82) is 0 Å². The van der Waals surface area contributed by atoms with Crippen LogP contribution in [0.4, 0.5) is 0 Å². The number of hydrogen-bond acceptors (Lipinski definition) is 3. The van der Waals surface area contributed by atoms with Crippen LogP contribution < -0.4 is 5.32 Å². The Bertz CT molecular complexity index is 709. The molecular formula is C21H24N2O. The monoisotopic (exact) mass is 320 g/mol. The first kappa shape index (κ1) is 15.4. The number of benzene rings is 2. The summed E-state index contributed by atoms with van der Waals surface area (Å²) in [6.07, 6.45) is 2.63. The Morgan fingerprint density at radius 3 is 2.38 bits per heavy atom. The van der Waals surface area contributed by atoms with E-state index < -0.39 is 0 Å². The normalized spacial score (nSPS) is 26.0. The molecule has 0 bridgehead atoms. The SMILES string of the molecule is CC1(c2ccccc2)NC(COCC2CC2)=NC1c1ccccc1. The molecule has 1 fully saturated rings. The molecule has 0 aromatic heterocycles. The molecule has 0 saturated heterocycles. The molecule has 1 N–H and O–H groups in total. The third-order valence-corrected chi connectivity index (χ3v) is 5.01. The van der Waals surface area contributed by atoms with E-state index >= 15 is 0 Å². The minimum absolute atomic E-state index is 0.0561. The molecule has 1 saturated carbocycles. The van der Waals surface area contributed by atoms with Crippen LogP contribution in [0.1, 0.15) is 36.9 Å². The van der Waals surface area contributed by atoms with Crippen LogP contribution >= 0.6 is 0 Å². The Hall–Kier alpha value is -2.13. The molecule has 4 rings (SSSR count). The molecule has 3 heteroatoms. The van der Waals surface area contributed by atoms with Crippen LogP contribution in [0.2, 0.25) is 0 Å². The summed E-state index contributed by atoms with van der Waals surface area (Å²) < 4.78 is 5.86. The highest BCUT2D eigenvalue weighted by Gasteiger charge is 2.42. The fraction of sp³-hybridized carbons (Fsp3) is 0.381. The van der Waals surface area contributed by atoms with E-state index in [0.717, 1.165) is 18.4 Å². The summed E-state index contributed by atoms with van der Waals surface area (Å²) in [6, 6.07) is 21.2. The molecule has 0 amide bonds. The molecule has 2 unspecified atom stereocenters. The standard InChI is InChI=1S/C21H24N2O/c1-21(18-10-6-3-7-11-18)20(17-8-4-2-5-9-17)22-19(23-21)15-24-14-16-12-13-16/h2-11,16,20H,12-15H2,1H3,(H,22,23). The van der Waals surface area contributed by atoms with E-state index in [4.69, 9.17) is 9.73 Å². The third-order valence-electron chi connectivity index (χ3n) is 5.01. The van der Waals surface area contributed by atoms with Crippen molar-refractivity contribution in [3.05, 3.63) is 71.8 Å². The number of nitrogens with zero attached hydrogens (tertiary/aromatic N) is 1. The molecule has 2 aromatic carbocycles. The molecule has 3 nitrogen and oxygen atoms in total. The maximum atomic E-state index is 5.86. The van der Waals surface area contributed by atoms with Crippen LogP contribution in [-0.4, -0.2) is 19.0 Å². The quantitative estimate of drug-likeness (QED) is 0.870. The Morgan fingerprint density at radius 1 is 1.04 bits per heavy atom. The third kappa shape index (κ3) is 3.09. The summed E-state index contributed by atoms with van der Waals surface area (Å²) in [5.41, 5.74) is 2.23. The van der Waals surface area contributed by atoms with Gasteiger partial charge in [0.25, 0.3) is 0 Å². The fourth-order valence-corrected chi connectivity index (χ4v) is 3.42. The summed E-state index contributed by atoms with van der Waals surface area (Å²) in [5, 5.41) is 3.65. The van der Waals surface area contributed by atoms with Gasteiger partial charge in [-0.1, -0.05) is 60.7 Å². The van der Waals surface area contributed by atoms with Gasteiger partial charge < -0.3 is 10.1 Å². The zero-order valence-corrected chi connectivity index (χ0v) is 14.1. The number of amidine groups is 1. The van der Waals surface area contributed by atoms with Gasteiger partial charge in [-0.15, -0.1) is 0 Å². The zero-order valence-electron chi connectivity index (χ0n) is 14.1. The Kier molecular flexibility index (Phi) is 4.11. The van der Waals surface area contributed by atoms with Gasteiger partial charge >= 0.3 is 0 Å². The minimum Gasteiger partial charge on any atom is -0.373 e. The second kappa shape index (κ2) is 6.40. The number of nitrogens with one attached hydrogen (secondary N) is 1. The summed E-state index contributed by atoms with van der Waals surface area (Å²) in [7, 11) is 0. The molecule has 2 aliphatic rings. The van der Waals surface area contributed by atoms with Crippen molar-refractivity contribution in [1.82, 2.24) is 5.32 Å². The maximum absolute atomic E-state index is 5.86. The van der Waals surface area contributed by atoms with Gasteiger partial charge in [0.1, 0.15) is 18.5 Å². The van der Waals surface area contributed by atoms with E-state index in [0.29, 0.717) is 6.61 Å². The second-order valence-electron chi connectivity index (χ2n) is 7.04. The van der Waals surface area contributed by atoms with Crippen LogP contribution in [0.25, 0.3) is 0 Å². The zero-order chi connectivity index (χ0) is 16.4. The van der Waals surface area contributed by atoms with E-state index in [-0.39, 0.29) is 11.6 Å². The van der Waals surface area contributed by atoms with Crippen LogP contribution in [0.5, 0.6) is 0 Å². The highest BCUT2D eigenvalue weighted by atomic mass is 16.5. The first-order valence-corrected chi connectivity index (χ1v) is 8.79. The molecule has 2 aromatic rings. The van der Waals surface area contributed by atoms with Crippen LogP contribution in [0.3, 0.4) is 0 Å². The lowest BCUT2D eigenvalue weighted by molar-refractivity contribution is 0.158. The van der Waals surface area contributed by atoms with Crippen LogP contribution in [0, 0.1) is 5.92 Å². The molecule has 0 radical (unpaired) electrons. The number of aliphatic imine (C=N–C) groups is 1. The van der Waals surface area contributed by atoms with E-state index in [1.807, 2.05) is 0 Å². The lowest BCUT2D eigenvalue weighted by atomic mass is 9.82. The van der Waals surface area contributed by atoms with Crippen molar-refractivity contribution in [2.24, 2.45) is 10.9 Å². The summed E-state index contributed by atoms with van der Waals surface area (Å²) in [4.78, 5) is 4.99. The second-order valence-corrected chi connectivity index (χ2v) is 7.04. The lowest BCUT2D eigenvalue weighted by Gasteiger charge is -2.32. The van der Waals surface area contributed by atoms with Gasteiger partial charge in [-0.2, -0.15) is 0 Å². The summed E-state index contributed by atoms with van der Waals surface area (Å²) in [5.74, 6) is 1.73. The van der Waals surface area contributed by atoms with Crippen molar-refractivity contribution in [2.45, 2.75) is 31.3 Å². The van der Waals surface area contributed by atoms with Gasteiger partial charge in [0, 0.05) is 6.61 Å². The van der Waals surface area contributed by atoms with E-state index in [1.54, 1.807) is 0 Å². The van der Waals surface area contributed by atoms with E-state index in [2.05, 4.69) is 72.9 Å². The Balaban J connectivity index is 1.60. The van der Waals surface area contributed by atoms with Crippen molar-refractivity contribution in [3.8, 4) is 0 Å². The minimum atomic E-state index is -0.249. The van der Waals surface area contributed by atoms with E-state index in [1.165, 1.54) is 24.0 Å². The molecule has 0 spiro atoms. The molecule has 1 heterocycles. The summed E-state index contributed by atoms with van der Waals surface area (Å²) >= 11 is 0. The predicted molar refractivity (Wildman–Crippen MR) is 97.1 cm³/mol. The molecular weight excluding hydrogens is 296 g/mol. The average Bonchev–Trinajstić information content (AvgIpc) is 3.39. The fourth-order valence-electron chi connectivity index (χ4n) is 3.42. The largest absolute Gasteiger partial charge is 0.373 e. The van der Waals surface area contributed by atoms with Gasteiger partial charge in [-0.05, 0) is 36.8 Å². The van der Waals surface area contributed by atoms with Gasteiger partial charge in [-0.25, -0.2) is 0 Å². The maximum Gasteiger partial charge on any atom is 0.124 e. The highest BCUT2D eigenvalue weighted by molar-refractivity contribution is 5.87. The predicted octanol–water partition coefficient (Wildman–Crippen LogP) is 4.07. The first-order valence-electron chi connectivity index (χ1n) is 8.79. The molecule has 1 aliphatic heterocycles. The summed E-state index contributed by atoms with van der Waals surface area (Å²) in [6.45, 7) is 3.67. The molecule has 1 aliphatic carbocycles. The van der Waals surface area contributed by atoms with E-state index in [9.17, 15) is 0 Å². The first-order chi connectivity index (χ1) is 11.8. The van der Waals surface area contributed by atoms with Gasteiger partial charge in [0.15, 0.2) is 0 Å². The van der Waals surface area contributed by atoms with Gasteiger partial charge in [0.2, 0.25) is 0 Å². The van der Waals surface area contributed by atoms with Crippen molar-refractivity contribution in [3.63, 3.8) is 0 Å². The number of hydrogen-bond donors (Lipinski definition) is 1. The van der Waals surface area contributed by atoms with Crippen molar-refractivity contribution in [2.75, 3.05) is 13.2 Å². The molecule has 2 atom stereocenters. The smallest absolute Gasteiger partial charge is 0.124 e. The van der Waals surface area contributed by atoms with Crippen molar-refractivity contribution >= 4 is 5.84 Å². The Labute approximate surface area is 143 Å². The number of ether oxygens (including phenoxy) is 1. The molecule has 24 heavy (non-hydrogen) atoms. The van der Waals surface area contributed by atoms with Crippen molar-refractivity contribution < 1.29 is 4.74 Å². The van der Waals surface area contributed by atoms with Crippen LogP contribution in [0.15, 0.2) is 65.7 Å². The lowest BCUT2D eigenvalue weighted by Crippen LogP contribution is -2.42. The number of rotatable bonds is 6. The Morgan fingerprint density at radius 2 is 1.71 bits per heavy atom. The van der Waals surface area contributed by atoms with Crippen LogP contribution in [-0.2, 0) is 10.3 Å². The average molecular weight is 320 g/mol. The topological polar surface area (TPSA) is 33.6 Å². The highest BCUT2D eigenvalue weighted by Crippen LogP contribution is 2.41. The van der Waals surface area contributed by atoms with Gasteiger partial charge in [-0.3, -0.25) is 4.99 Å².